The summed E-state index contributed by atoms with van der Waals surface area (Å²) in [5.41, 5.74) is 0. The highest BCUT2D eigenvalue weighted by atomic mass is 35.5. The molecule has 0 aliphatic carbocycles. The van der Waals surface area contributed by atoms with Crippen LogP contribution in [0.4, 0.5) is 8.78 Å². The van der Waals surface area contributed by atoms with Crippen LogP contribution in [0, 0.1) is 0 Å². The number of hydrogen-bond donors (Lipinski definition) is 0. The summed E-state index contributed by atoms with van der Waals surface area (Å²) >= 11 is 0. The molecule has 0 bridgehead atoms. The summed E-state index contributed by atoms with van der Waals surface area (Å²) < 4.78 is 24.4. The van der Waals surface area contributed by atoms with Gasteiger partial charge in [0.25, 0.3) is 0 Å². The van der Waals surface area contributed by atoms with E-state index in [1.807, 2.05) is 0 Å². The Kier molecular flexibility index (Phi) is 3.22. The highest BCUT2D eigenvalue weighted by molar-refractivity contribution is 5.85. The first-order valence-corrected chi connectivity index (χ1v) is 2.47. The average Bonchev–Trinajstić information content (AvgIpc) is 1.92. The van der Waals surface area contributed by atoms with E-state index < -0.39 is 5.92 Å². The Labute approximate surface area is 63.6 Å². The molecule has 0 saturated heterocycles. The van der Waals surface area contributed by atoms with Gasteiger partial charge in [-0.25, -0.2) is 0 Å². The van der Waals surface area contributed by atoms with Gasteiger partial charge in [0.05, 0.1) is 6.21 Å². The van der Waals surface area contributed by atoms with Crippen LogP contribution in [-0.4, -0.2) is 12.1 Å². The summed E-state index contributed by atoms with van der Waals surface area (Å²) in [5, 5.41) is 0. The molecule has 0 radical (unpaired) electrons. The number of hydrogen-bond acceptors (Lipinski definition) is 1. The number of nitrogens with zero attached hydrogens (tertiary/aromatic N) is 1. The minimum absolute atomic E-state index is 0. The second-order valence-corrected chi connectivity index (χ2v) is 1.65. The van der Waals surface area contributed by atoms with Crippen molar-refractivity contribution in [3.8, 4) is 0 Å². The Morgan fingerprint density at radius 2 is 1.90 bits per heavy atom. The average molecular weight is 166 g/mol. The van der Waals surface area contributed by atoms with E-state index in [4.69, 9.17) is 0 Å². The lowest BCUT2D eigenvalue weighted by Crippen LogP contribution is -2.12. The predicted octanol–water partition coefficient (Wildman–Crippen LogP) is 2.20. The Morgan fingerprint density at radius 3 is 2.60 bits per heavy atom. The van der Waals surface area contributed by atoms with Crippen molar-refractivity contribution in [3.05, 3.63) is 24.4 Å². The number of aliphatic imine (C=N–C) groups is 1. The van der Waals surface area contributed by atoms with E-state index in [1.54, 1.807) is 0 Å². The normalized spacial score (nSPS) is 19.8. The van der Waals surface area contributed by atoms with Gasteiger partial charge in [-0.3, -0.25) is 4.99 Å². The topological polar surface area (TPSA) is 12.4 Å². The van der Waals surface area contributed by atoms with Gasteiger partial charge in [0.2, 0.25) is 0 Å². The van der Waals surface area contributed by atoms with Crippen LogP contribution in [0.1, 0.15) is 0 Å². The Bertz CT molecular complexity index is 166. The third-order valence-corrected chi connectivity index (χ3v) is 0.848. The third-order valence-electron chi connectivity index (χ3n) is 0.848. The van der Waals surface area contributed by atoms with Gasteiger partial charge in [0, 0.05) is 6.20 Å². The third kappa shape index (κ3) is 2.73. The van der Waals surface area contributed by atoms with Crippen molar-refractivity contribution >= 4 is 18.6 Å². The highest BCUT2D eigenvalue weighted by Crippen LogP contribution is 2.13. The SMILES string of the molecule is Cl.FC1(F)C=CC=CN=C1. The van der Waals surface area contributed by atoms with E-state index >= 15 is 0 Å². The molecule has 0 unspecified atom stereocenters. The molecule has 0 N–H and O–H groups in total. The molecule has 0 amide bonds. The van der Waals surface area contributed by atoms with E-state index in [0.29, 0.717) is 6.21 Å². The summed E-state index contributed by atoms with van der Waals surface area (Å²) in [6.45, 7) is 0. The van der Waals surface area contributed by atoms with Gasteiger partial charge in [-0.2, -0.15) is 8.78 Å². The Hall–Kier alpha value is -0.700. The van der Waals surface area contributed by atoms with Crippen LogP contribution in [0.5, 0.6) is 0 Å². The van der Waals surface area contributed by atoms with Crippen molar-refractivity contribution in [2.45, 2.75) is 5.92 Å². The first-order valence-electron chi connectivity index (χ1n) is 2.47. The maximum absolute atomic E-state index is 12.2. The van der Waals surface area contributed by atoms with Gasteiger partial charge >= 0.3 is 5.92 Å². The fourth-order valence-electron chi connectivity index (χ4n) is 0.469. The smallest absolute Gasteiger partial charge is 0.262 e. The van der Waals surface area contributed by atoms with Crippen molar-refractivity contribution in [2.75, 3.05) is 0 Å². The standard InChI is InChI=1S/C6H5F2N.ClH/c7-6(8)3-1-2-4-9-5-6;/h1-5H;1H. The van der Waals surface area contributed by atoms with Crippen molar-refractivity contribution < 1.29 is 8.78 Å². The maximum atomic E-state index is 12.2. The molecule has 0 aromatic carbocycles. The summed E-state index contributed by atoms with van der Waals surface area (Å²) in [7, 11) is 0. The summed E-state index contributed by atoms with van der Waals surface area (Å²) in [6, 6.07) is 0. The van der Waals surface area contributed by atoms with Gasteiger partial charge in [-0.05, 0) is 12.2 Å². The summed E-state index contributed by atoms with van der Waals surface area (Å²) in [6.07, 6.45) is 5.44. The van der Waals surface area contributed by atoms with Crippen molar-refractivity contribution in [1.82, 2.24) is 0 Å². The van der Waals surface area contributed by atoms with E-state index in [0.717, 1.165) is 6.08 Å². The van der Waals surface area contributed by atoms with Gasteiger partial charge in [-0.1, -0.05) is 6.08 Å². The van der Waals surface area contributed by atoms with Crippen molar-refractivity contribution in [2.24, 2.45) is 4.99 Å². The fourth-order valence-corrected chi connectivity index (χ4v) is 0.469. The van der Waals surface area contributed by atoms with E-state index in [-0.39, 0.29) is 12.4 Å². The van der Waals surface area contributed by atoms with Crippen LogP contribution in [0.15, 0.2) is 29.4 Å². The molecule has 1 nitrogen and oxygen atoms in total. The van der Waals surface area contributed by atoms with E-state index in [9.17, 15) is 8.78 Å². The fraction of sp³-hybridized carbons (Fsp3) is 0.167. The highest BCUT2D eigenvalue weighted by Gasteiger charge is 2.21. The van der Waals surface area contributed by atoms with Crippen LogP contribution in [0.3, 0.4) is 0 Å². The van der Waals surface area contributed by atoms with Gasteiger partial charge < -0.3 is 0 Å². The van der Waals surface area contributed by atoms with Crippen molar-refractivity contribution in [3.63, 3.8) is 0 Å². The monoisotopic (exact) mass is 165 g/mol. The molecule has 10 heavy (non-hydrogen) atoms. The van der Waals surface area contributed by atoms with E-state index in [1.165, 1.54) is 18.4 Å². The molecule has 1 rings (SSSR count). The lowest BCUT2D eigenvalue weighted by atomic mass is 10.3. The number of halogens is 3. The first kappa shape index (κ1) is 9.30. The van der Waals surface area contributed by atoms with Gasteiger partial charge in [0.1, 0.15) is 0 Å². The zero-order chi connectivity index (χ0) is 6.74. The van der Waals surface area contributed by atoms with Crippen LogP contribution in [0.2, 0.25) is 0 Å². The summed E-state index contributed by atoms with van der Waals surface area (Å²) in [4.78, 5) is 3.31. The Balaban J connectivity index is 0.000000810. The maximum Gasteiger partial charge on any atom is 0.301 e. The Morgan fingerprint density at radius 1 is 1.20 bits per heavy atom. The molecule has 0 aromatic heterocycles. The van der Waals surface area contributed by atoms with Crippen LogP contribution < -0.4 is 0 Å². The number of rotatable bonds is 0. The molecule has 4 heteroatoms. The minimum atomic E-state index is -2.87. The predicted molar refractivity (Wildman–Crippen MR) is 39.0 cm³/mol. The minimum Gasteiger partial charge on any atom is -0.262 e. The van der Waals surface area contributed by atoms with E-state index in [2.05, 4.69) is 4.99 Å². The second-order valence-electron chi connectivity index (χ2n) is 1.65. The molecule has 0 spiro atoms. The molecule has 0 atom stereocenters. The molecule has 0 fully saturated rings. The lowest BCUT2D eigenvalue weighted by molar-refractivity contribution is 0.140. The molecular weight excluding hydrogens is 160 g/mol. The quantitative estimate of drug-likeness (QED) is 0.522. The van der Waals surface area contributed by atoms with Crippen LogP contribution in [-0.2, 0) is 0 Å². The zero-order valence-corrected chi connectivity index (χ0v) is 5.81. The number of alkyl halides is 2. The number of allylic oxidation sites excluding steroid dienone is 3. The zero-order valence-electron chi connectivity index (χ0n) is 5.00. The molecule has 0 aromatic rings. The van der Waals surface area contributed by atoms with Gasteiger partial charge in [-0.15, -0.1) is 12.4 Å². The molecule has 56 valence electrons. The van der Waals surface area contributed by atoms with Crippen molar-refractivity contribution in [1.29, 1.82) is 0 Å². The van der Waals surface area contributed by atoms with Crippen LogP contribution >= 0.6 is 12.4 Å². The molecule has 1 aliphatic rings. The lowest BCUT2D eigenvalue weighted by Gasteiger charge is -1.99. The van der Waals surface area contributed by atoms with Crippen LogP contribution in [0.25, 0.3) is 0 Å². The second kappa shape index (κ2) is 3.46. The molecule has 1 heterocycles. The molecule has 1 aliphatic heterocycles. The molecular formula is C6H6ClF2N. The summed E-state index contributed by atoms with van der Waals surface area (Å²) in [5.74, 6) is -2.87. The first-order chi connectivity index (χ1) is 4.21. The largest absolute Gasteiger partial charge is 0.301 e. The van der Waals surface area contributed by atoms with Gasteiger partial charge in [0.15, 0.2) is 0 Å². The molecule has 0 saturated carbocycles.